The van der Waals surface area contributed by atoms with Gasteiger partial charge in [0.05, 0.1) is 17.5 Å². The molecule has 0 saturated carbocycles. The first-order valence-corrected chi connectivity index (χ1v) is 6.94. The summed E-state index contributed by atoms with van der Waals surface area (Å²) in [5.74, 6) is -0.0759. The minimum Gasteiger partial charge on any atom is -0.352 e. The maximum Gasteiger partial charge on any atom is 0.253 e. The van der Waals surface area contributed by atoms with Crippen molar-refractivity contribution in [2.24, 2.45) is 7.05 Å². The van der Waals surface area contributed by atoms with Gasteiger partial charge in [-0.2, -0.15) is 5.10 Å². The Hall–Kier alpha value is -2.17. The number of hydrogen-bond donors (Lipinski definition) is 1. The summed E-state index contributed by atoms with van der Waals surface area (Å²) >= 11 is 0. The van der Waals surface area contributed by atoms with E-state index in [2.05, 4.69) is 22.3 Å². The number of nitrogens with one attached hydrogen (secondary N) is 1. The predicted molar refractivity (Wildman–Crippen MR) is 78.3 cm³/mol. The molecule has 5 heteroatoms. The van der Waals surface area contributed by atoms with E-state index in [4.69, 9.17) is 0 Å². The molecule has 0 bridgehead atoms. The van der Waals surface area contributed by atoms with Gasteiger partial charge < -0.3 is 5.32 Å². The van der Waals surface area contributed by atoms with Crippen LogP contribution in [0.1, 0.15) is 36.5 Å². The van der Waals surface area contributed by atoms with Gasteiger partial charge in [0.15, 0.2) is 0 Å². The second-order valence-electron chi connectivity index (χ2n) is 4.77. The molecule has 2 rings (SSSR count). The van der Waals surface area contributed by atoms with Crippen LogP contribution in [-0.4, -0.2) is 27.2 Å². The van der Waals surface area contributed by atoms with Gasteiger partial charge >= 0.3 is 0 Å². The van der Waals surface area contributed by atoms with Gasteiger partial charge in [-0.1, -0.05) is 19.8 Å². The Morgan fingerprint density at radius 1 is 1.40 bits per heavy atom. The Bertz CT molecular complexity index is 577. The highest BCUT2D eigenvalue weighted by atomic mass is 16.1. The molecule has 0 spiro atoms. The highest BCUT2D eigenvalue weighted by Crippen LogP contribution is 2.20. The molecule has 0 atom stereocenters. The first-order chi connectivity index (χ1) is 9.72. The van der Waals surface area contributed by atoms with E-state index in [1.54, 1.807) is 29.2 Å². The largest absolute Gasteiger partial charge is 0.352 e. The molecule has 0 aliphatic heterocycles. The van der Waals surface area contributed by atoms with Crippen molar-refractivity contribution in [2.75, 3.05) is 6.54 Å². The summed E-state index contributed by atoms with van der Waals surface area (Å²) in [6.45, 7) is 2.84. The van der Waals surface area contributed by atoms with Gasteiger partial charge in [-0.3, -0.25) is 14.5 Å². The molecule has 106 valence electrons. The highest BCUT2D eigenvalue weighted by Gasteiger charge is 2.14. The van der Waals surface area contributed by atoms with Crippen LogP contribution in [0.25, 0.3) is 11.3 Å². The normalized spacial score (nSPS) is 10.5. The van der Waals surface area contributed by atoms with Crippen LogP contribution in [0.15, 0.2) is 30.7 Å². The lowest BCUT2D eigenvalue weighted by Gasteiger charge is -2.08. The molecular formula is C15H20N4O. The second kappa shape index (κ2) is 6.84. The van der Waals surface area contributed by atoms with E-state index in [-0.39, 0.29) is 5.91 Å². The summed E-state index contributed by atoms with van der Waals surface area (Å²) in [6, 6.07) is 3.57. The first-order valence-electron chi connectivity index (χ1n) is 6.94. The Morgan fingerprint density at radius 3 is 2.95 bits per heavy atom. The smallest absolute Gasteiger partial charge is 0.253 e. The Morgan fingerprint density at radius 2 is 2.25 bits per heavy atom. The van der Waals surface area contributed by atoms with Gasteiger partial charge in [-0.15, -0.1) is 0 Å². The quantitative estimate of drug-likeness (QED) is 0.821. The van der Waals surface area contributed by atoms with Crippen LogP contribution in [-0.2, 0) is 7.05 Å². The summed E-state index contributed by atoms with van der Waals surface area (Å²) in [4.78, 5) is 16.5. The Labute approximate surface area is 119 Å². The second-order valence-corrected chi connectivity index (χ2v) is 4.77. The summed E-state index contributed by atoms with van der Waals surface area (Å²) in [6.07, 6.45) is 8.54. The molecule has 2 heterocycles. The van der Waals surface area contributed by atoms with Gasteiger partial charge in [0.25, 0.3) is 5.91 Å². The zero-order chi connectivity index (χ0) is 14.4. The monoisotopic (exact) mass is 272 g/mol. The fourth-order valence-electron chi connectivity index (χ4n) is 2.03. The summed E-state index contributed by atoms with van der Waals surface area (Å²) < 4.78 is 1.70. The lowest BCUT2D eigenvalue weighted by atomic mass is 10.1. The van der Waals surface area contributed by atoms with Crippen molar-refractivity contribution in [3.63, 3.8) is 0 Å². The summed E-state index contributed by atoms with van der Waals surface area (Å²) in [7, 11) is 1.84. The molecular weight excluding hydrogens is 252 g/mol. The molecule has 0 fully saturated rings. The number of carbonyl (C=O) groups excluding carboxylic acids is 1. The van der Waals surface area contributed by atoms with E-state index in [0.29, 0.717) is 17.8 Å². The lowest BCUT2D eigenvalue weighted by Crippen LogP contribution is -2.25. The molecule has 2 aromatic rings. The van der Waals surface area contributed by atoms with E-state index in [0.717, 1.165) is 24.8 Å². The predicted octanol–water partition coefficient (Wildman–Crippen LogP) is 2.40. The van der Waals surface area contributed by atoms with Crippen molar-refractivity contribution < 1.29 is 4.79 Å². The van der Waals surface area contributed by atoms with Crippen molar-refractivity contribution in [1.82, 2.24) is 20.1 Å². The number of rotatable bonds is 6. The molecule has 0 unspecified atom stereocenters. The molecule has 0 aliphatic rings. The third kappa shape index (κ3) is 3.44. The minimum atomic E-state index is -0.0759. The van der Waals surface area contributed by atoms with Crippen LogP contribution in [0.2, 0.25) is 0 Å². The first kappa shape index (κ1) is 14.2. The average Bonchev–Trinajstić information content (AvgIpc) is 2.90. The standard InChI is InChI=1S/C15H20N4O/c1-3-4-5-8-17-15(20)13-7-6-9-16-14(13)12-10-18-19(2)11-12/h6-7,9-11H,3-5,8H2,1-2H3,(H,17,20). The van der Waals surface area contributed by atoms with Crippen LogP contribution in [0.3, 0.4) is 0 Å². The molecule has 0 aromatic carbocycles. The number of nitrogens with zero attached hydrogens (tertiary/aromatic N) is 3. The third-order valence-electron chi connectivity index (χ3n) is 3.10. The van der Waals surface area contributed by atoms with E-state index < -0.39 is 0 Å². The number of aryl methyl sites for hydroxylation is 1. The zero-order valence-corrected chi connectivity index (χ0v) is 12.0. The van der Waals surface area contributed by atoms with Gasteiger partial charge in [-0.05, 0) is 18.6 Å². The van der Waals surface area contributed by atoms with Crippen molar-refractivity contribution in [2.45, 2.75) is 26.2 Å². The fourth-order valence-corrected chi connectivity index (χ4v) is 2.03. The van der Waals surface area contributed by atoms with Gasteiger partial charge in [-0.25, -0.2) is 0 Å². The van der Waals surface area contributed by atoms with Crippen LogP contribution < -0.4 is 5.32 Å². The van der Waals surface area contributed by atoms with Crippen LogP contribution in [0.5, 0.6) is 0 Å². The number of aromatic nitrogens is 3. The van der Waals surface area contributed by atoms with Crippen molar-refractivity contribution in [3.8, 4) is 11.3 Å². The molecule has 20 heavy (non-hydrogen) atoms. The lowest BCUT2D eigenvalue weighted by molar-refractivity contribution is 0.0953. The number of hydrogen-bond acceptors (Lipinski definition) is 3. The van der Waals surface area contributed by atoms with Crippen LogP contribution in [0, 0.1) is 0 Å². The molecule has 0 saturated heterocycles. The maximum atomic E-state index is 12.2. The van der Waals surface area contributed by atoms with Crippen molar-refractivity contribution >= 4 is 5.91 Å². The molecule has 1 N–H and O–H groups in total. The van der Waals surface area contributed by atoms with E-state index in [9.17, 15) is 4.79 Å². The fraction of sp³-hybridized carbons (Fsp3) is 0.400. The van der Waals surface area contributed by atoms with Crippen LogP contribution in [0.4, 0.5) is 0 Å². The van der Waals surface area contributed by atoms with Crippen LogP contribution >= 0.6 is 0 Å². The Kier molecular flexibility index (Phi) is 4.87. The minimum absolute atomic E-state index is 0.0759. The Balaban J connectivity index is 2.13. The number of carbonyl (C=O) groups is 1. The van der Waals surface area contributed by atoms with Gasteiger partial charge in [0.1, 0.15) is 0 Å². The SMILES string of the molecule is CCCCCNC(=O)c1cccnc1-c1cnn(C)c1. The molecule has 5 nitrogen and oxygen atoms in total. The van der Waals surface area contributed by atoms with Crippen molar-refractivity contribution in [1.29, 1.82) is 0 Å². The number of unbranched alkanes of at least 4 members (excludes halogenated alkanes) is 2. The molecule has 1 amide bonds. The maximum absolute atomic E-state index is 12.2. The van der Waals surface area contributed by atoms with E-state index in [1.807, 2.05) is 13.2 Å². The van der Waals surface area contributed by atoms with Gasteiger partial charge in [0, 0.05) is 31.5 Å². The number of pyridine rings is 1. The van der Waals surface area contributed by atoms with E-state index in [1.165, 1.54) is 0 Å². The van der Waals surface area contributed by atoms with E-state index >= 15 is 0 Å². The van der Waals surface area contributed by atoms with Crippen molar-refractivity contribution in [3.05, 3.63) is 36.3 Å². The number of amides is 1. The highest BCUT2D eigenvalue weighted by molar-refractivity contribution is 5.99. The molecule has 2 aromatic heterocycles. The summed E-state index contributed by atoms with van der Waals surface area (Å²) in [5.41, 5.74) is 2.12. The average molecular weight is 272 g/mol. The topological polar surface area (TPSA) is 59.8 Å². The molecule has 0 aliphatic carbocycles. The molecule has 0 radical (unpaired) electrons. The third-order valence-corrected chi connectivity index (χ3v) is 3.10. The van der Waals surface area contributed by atoms with Gasteiger partial charge in [0.2, 0.25) is 0 Å². The summed E-state index contributed by atoms with van der Waals surface area (Å²) in [5, 5.41) is 7.07. The zero-order valence-electron chi connectivity index (χ0n) is 12.0.